The summed E-state index contributed by atoms with van der Waals surface area (Å²) in [6.45, 7) is 0. The van der Waals surface area contributed by atoms with Crippen molar-refractivity contribution in [3.05, 3.63) is 32.8 Å². The number of halogens is 9. The van der Waals surface area contributed by atoms with Gasteiger partial charge in [0.05, 0.1) is 38.2 Å². The lowest BCUT2D eigenvalue weighted by atomic mass is 9.79. The summed E-state index contributed by atoms with van der Waals surface area (Å²) in [5, 5.41) is -2.46. The fourth-order valence-corrected chi connectivity index (χ4v) is 8.37. The van der Waals surface area contributed by atoms with Gasteiger partial charge in [0.15, 0.2) is 4.33 Å². The summed E-state index contributed by atoms with van der Waals surface area (Å²) in [6, 6.07) is 2.48. The smallest absolute Gasteiger partial charge is 0.268 e. The van der Waals surface area contributed by atoms with Crippen molar-refractivity contribution in [2.45, 2.75) is 24.8 Å². The molecule has 1 saturated heterocycles. The third kappa shape index (κ3) is 2.47. The fourth-order valence-electron chi connectivity index (χ4n) is 4.35. The van der Waals surface area contributed by atoms with Crippen LogP contribution in [0.25, 0.3) is 0 Å². The molecule has 6 atom stereocenters. The Bertz CT molecular complexity index is 958. The second-order valence-corrected chi connectivity index (χ2v) is 11.7. The van der Waals surface area contributed by atoms with Crippen LogP contribution in [0.5, 0.6) is 0 Å². The molecule has 2 aliphatic carbocycles. The van der Waals surface area contributed by atoms with Gasteiger partial charge in [-0.1, -0.05) is 58.0 Å². The first kappa shape index (κ1) is 22.8. The van der Waals surface area contributed by atoms with Gasteiger partial charge in [0.2, 0.25) is 11.8 Å². The molecule has 3 fully saturated rings. The molecule has 0 N–H and O–H groups in total. The van der Waals surface area contributed by atoms with Crippen LogP contribution >= 0.6 is 104 Å². The second kappa shape index (κ2) is 6.82. The van der Waals surface area contributed by atoms with E-state index in [1.165, 1.54) is 12.1 Å². The highest BCUT2D eigenvalue weighted by Crippen LogP contribution is 2.76. The number of rotatable bonds is 1. The lowest BCUT2D eigenvalue weighted by Crippen LogP contribution is -2.51. The Morgan fingerprint density at radius 1 is 0.862 bits per heavy atom. The monoisotopic (exact) mass is 575 g/mol. The van der Waals surface area contributed by atoms with Crippen molar-refractivity contribution in [3.8, 4) is 0 Å². The molecule has 1 heterocycles. The number of carbonyl (C=O) groups excluding carboxylic acids is 3. The van der Waals surface area contributed by atoms with Gasteiger partial charge in [0, 0.05) is 5.02 Å². The summed E-state index contributed by atoms with van der Waals surface area (Å²) in [6.07, 6.45) is 0. The van der Waals surface area contributed by atoms with E-state index in [4.69, 9.17) is 104 Å². The molecule has 0 spiro atoms. The summed E-state index contributed by atoms with van der Waals surface area (Å²) in [7, 11) is 0. The quantitative estimate of drug-likeness (QED) is 0.242. The number of likely N-dealkylation sites (tertiary alicyclic amines) is 1. The van der Waals surface area contributed by atoms with Crippen LogP contribution < -0.4 is 0 Å². The molecule has 1 aromatic rings. The van der Waals surface area contributed by atoms with Crippen LogP contribution in [-0.4, -0.2) is 47.5 Å². The lowest BCUT2D eigenvalue weighted by molar-refractivity contribution is -0.137. The van der Waals surface area contributed by atoms with Gasteiger partial charge in [-0.25, -0.2) is 4.90 Å². The molecule has 0 aromatic heterocycles. The van der Waals surface area contributed by atoms with Crippen molar-refractivity contribution in [2.75, 3.05) is 0 Å². The zero-order chi connectivity index (χ0) is 21.8. The Morgan fingerprint density at radius 2 is 1.31 bits per heavy atom. The predicted octanol–water partition coefficient (Wildman–Crippen LogP) is 5.76. The van der Waals surface area contributed by atoms with Gasteiger partial charge in [-0.15, -0.1) is 46.4 Å². The Labute approximate surface area is 209 Å². The van der Waals surface area contributed by atoms with Gasteiger partial charge in [-0.3, -0.25) is 14.4 Å². The molecule has 0 radical (unpaired) electrons. The topological polar surface area (TPSA) is 54.5 Å². The Kier molecular flexibility index (Phi) is 5.37. The number of imide groups is 3. The third-order valence-electron chi connectivity index (χ3n) is 5.66. The van der Waals surface area contributed by atoms with Crippen LogP contribution in [-0.2, 0) is 9.59 Å². The number of alkyl halides is 6. The standard InChI is InChI=1S/C16H6Cl9NO3/c17-3-1-4(8(19)5(18)2-3)11(27)26-12(28)6-7(13(26)29)15(23)10(21)9(20)14(6,22)16(15,24)25/h1-2,6-7,9-10H. The molecule has 2 bridgehead atoms. The fraction of sp³-hybridized carbons (Fsp3) is 0.438. The van der Waals surface area contributed by atoms with Crippen LogP contribution in [0.4, 0.5) is 0 Å². The van der Waals surface area contributed by atoms with Crippen molar-refractivity contribution in [3.63, 3.8) is 0 Å². The molecule has 4 nitrogen and oxygen atoms in total. The maximum atomic E-state index is 13.2. The maximum Gasteiger partial charge on any atom is 0.268 e. The normalized spacial score (nSPS) is 40.0. The third-order valence-corrected chi connectivity index (χ3v) is 11.4. The van der Waals surface area contributed by atoms with Crippen LogP contribution in [0.3, 0.4) is 0 Å². The first-order valence-corrected chi connectivity index (χ1v) is 11.4. The second-order valence-electron chi connectivity index (χ2n) is 6.94. The predicted molar refractivity (Wildman–Crippen MR) is 116 cm³/mol. The van der Waals surface area contributed by atoms with E-state index in [0.29, 0.717) is 4.90 Å². The van der Waals surface area contributed by atoms with E-state index in [2.05, 4.69) is 0 Å². The van der Waals surface area contributed by atoms with Crippen LogP contribution in [0.2, 0.25) is 15.1 Å². The molecule has 29 heavy (non-hydrogen) atoms. The summed E-state index contributed by atoms with van der Waals surface area (Å²) >= 11 is 56.7. The number of nitrogens with zero attached hydrogens (tertiary/aromatic N) is 1. The van der Waals surface area contributed by atoms with Crippen molar-refractivity contribution in [1.82, 2.24) is 4.90 Å². The minimum atomic E-state index is -2.02. The first-order valence-electron chi connectivity index (χ1n) is 7.85. The van der Waals surface area contributed by atoms with E-state index in [1.54, 1.807) is 0 Å². The van der Waals surface area contributed by atoms with Gasteiger partial charge in [0.25, 0.3) is 5.91 Å². The molecule has 3 aliphatic rings. The van der Waals surface area contributed by atoms with Crippen molar-refractivity contribution < 1.29 is 14.4 Å². The Balaban J connectivity index is 1.85. The molecule has 6 unspecified atom stereocenters. The van der Waals surface area contributed by atoms with E-state index in [1.807, 2.05) is 0 Å². The maximum absolute atomic E-state index is 13.2. The largest absolute Gasteiger partial charge is 0.274 e. The zero-order valence-corrected chi connectivity index (χ0v) is 20.3. The Hall–Kier alpha value is 0.640. The average Bonchev–Trinajstić information content (AvgIpc) is 3.02. The number of amides is 3. The molecule has 1 aromatic carbocycles. The number of hydrogen-bond donors (Lipinski definition) is 0. The SMILES string of the molecule is O=C(c1cc(Cl)cc(Cl)c1Cl)N1C(=O)C2C(C1=O)C1(Cl)C(Cl)C(Cl)C2(Cl)C1(Cl)Cl. The molecule has 1 aliphatic heterocycles. The summed E-state index contributed by atoms with van der Waals surface area (Å²) in [4.78, 5) is 36.0. The highest BCUT2D eigenvalue weighted by molar-refractivity contribution is 6.64. The molecule has 2 saturated carbocycles. The first-order chi connectivity index (χ1) is 13.2. The van der Waals surface area contributed by atoms with Crippen LogP contribution in [0.1, 0.15) is 10.4 Å². The molecule has 3 amide bonds. The van der Waals surface area contributed by atoms with E-state index < -0.39 is 54.4 Å². The molecule has 4 rings (SSSR count). The highest BCUT2D eigenvalue weighted by atomic mass is 35.5. The Morgan fingerprint density at radius 3 is 1.76 bits per heavy atom. The van der Waals surface area contributed by atoms with Crippen LogP contribution in [0.15, 0.2) is 12.1 Å². The molecule has 13 heteroatoms. The van der Waals surface area contributed by atoms with Crippen molar-refractivity contribution in [1.29, 1.82) is 0 Å². The van der Waals surface area contributed by atoms with Gasteiger partial charge in [0.1, 0.15) is 9.75 Å². The number of benzene rings is 1. The van der Waals surface area contributed by atoms with Gasteiger partial charge < -0.3 is 0 Å². The van der Waals surface area contributed by atoms with Gasteiger partial charge in [-0.05, 0) is 12.1 Å². The van der Waals surface area contributed by atoms with Crippen molar-refractivity contribution in [2.24, 2.45) is 11.8 Å². The summed E-state index contributed by atoms with van der Waals surface area (Å²) in [5.41, 5.74) is -0.252. The summed E-state index contributed by atoms with van der Waals surface area (Å²) in [5.74, 6) is -5.72. The number of fused-ring (bicyclic) bond motifs is 5. The lowest BCUT2D eigenvalue weighted by Gasteiger charge is -2.35. The number of carbonyl (C=O) groups is 3. The van der Waals surface area contributed by atoms with Crippen LogP contribution in [0, 0.1) is 11.8 Å². The minimum Gasteiger partial charge on any atom is -0.274 e. The van der Waals surface area contributed by atoms with E-state index in [0.717, 1.165) is 0 Å². The zero-order valence-electron chi connectivity index (χ0n) is 13.5. The molecular formula is C16H6Cl9NO3. The number of hydrogen-bond acceptors (Lipinski definition) is 3. The molecular weight excluding hydrogens is 573 g/mol. The van der Waals surface area contributed by atoms with E-state index >= 15 is 0 Å². The van der Waals surface area contributed by atoms with E-state index in [-0.39, 0.29) is 20.6 Å². The summed E-state index contributed by atoms with van der Waals surface area (Å²) < 4.78 is -2.02. The van der Waals surface area contributed by atoms with Gasteiger partial charge in [-0.2, -0.15) is 0 Å². The van der Waals surface area contributed by atoms with Crippen molar-refractivity contribution >= 4 is 122 Å². The van der Waals surface area contributed by atoms with Gasteiger partial charge >= 0.3 is 0 Å². The highest BCUT2D eigenvalue weighted by Gasteiger charge is 2.90. The van der Waals surface area contributed by atoms with E-state index in [9.17, 15) is 14.4 Å². The molecule has 156 valence electrons. The minimum absolute atomic E-state index is 0.0355. The average molecular weight is 579 g/mol.